The van der Waals surface area contributed by atoms with Gasteiger partial charge in [0, 0.05) is 13.1 Å². The molecule has 0 aliphatic rings. The summed E-state index contributed by atoms with van der Waals surface area (Å²) in [5.41, 5.74) is 0. The Morgan fingerprint density at radius 3 is 2.73 bits per heavy atom. The van der Waals surface area contributed by atoms with Crippen LogP contribution in [0.25, 0.3) is 0 Å². The van der Waals surface area contributed by atoms with Crippen molar-refractivity contribution in [2.45, 2.75) is 27.2 Å². The molecule has 84 valence electrons. The maximum absolute atomic E-state index is 12.0. The first kappa shape index (κ1) is 12.2. The van der Waals surface area contributed by atoms with Crippen LogP contribution >= 0.6 is 11.3 Å². The molecule has 0 bridgehead atoms. The van der Waals surface area contributed by atoms with Gasteiger partial charge >= 0.3 is 0 Å². The lowest BCUT2D eigenvalue weighted by Crippen LogP contribution is -2.31. The molecule has 1 rings (SSSR count). The highest BCUT2D eigenvalue weighted by Crippen LogP contribution is 2.13. The van der Waals surface area contributed by atoms with E-state index in [-0.39, 0.29) is 5.91 Å². The van der Waals surface area contributed by atoms with E-state index < -0.39 is 0 Å². The van der Waals surface area contributed by atoms with Crippen molar-refractivity contribution in [1.29, 1.82) is 0 Å². The topological polar surface area (TPSA) is 20.3 Å². The molecular weight excluding hydrogens is 206 g/mol. The van der Waals surface area contributed by atoms with Crippen molar-refractivity contribution >= 4 is 17.2 Å². The minimum Gasteiger partial charge on any atom is -0.338 e. The number of hydrogen-bond acceptors (Lipinski definition) is 2. The molecule has 1 aromatic rings. The minimum atomic E-state index is 0.174. The van der Waals surface area contributed by atoms with Crippen molar-refractivity contribution in [1.82, 2.24) is 4.90 Å². The highest BCUT2D eigenvalue weighted by molar-refractivity contribution is 7.12. The van der Waals surface area contributed by atoms with Crippen LogP contribution in [0, 0.1) is 5.92 Å². The second-order valence-electron chi connectivity index (χ2n) is 4.04. The number of rotatable bonds is 5. The molecule has 1 heterocycles. The molecule has 0 aliphatic heterocycles. The van der Waals surface area contributed by atoms with Gasteiger partial charge in [0.15, 0.2) is 0 Å². The van der Waals surface area contributed by atoms with Crippen LogP contribution in [-0.2, 0) is 0 Å². The molecule has 0 radical (unpaired) electrons. The number of hydrogen-bond donors (Lipinski definition) is 0. The first-order valence-electron chi connectivity index (χ1n) is 5.48. The largest absolute Gasteiger partial charge is 0.338 e. The van der Waals surface area contributed by atoms with Gasteiger partial charge in [0.05, 0.1) is 4.88 Å². The lowest BCUT2D eigenvalue weighted by molar-refractivity contribution is 0.0762. The summed E-state index contributed by atoms with van der Waals surface area (Å²) in [4.78, 5) is 14.8. The Morgan fingerprint density at radius 2 is 2.27 bits per heavy atom. The molecule has 0 N–H and O–H groups in total. The molecule has 2 nitrogen and oxygen atoms in total. The van der Waals surface area contributed by atoms with Crippen LogP contribution in [0.2, 0.25) is 0 Å². The summed E-state index contributed by atoms with van der Waals surface area (Å²) in [6.45, 7) is 8.06. The van der Waals surface area contributed by atoms with E-state index in [1.807, 2.05) is 29.3 Å². The van der Waals surface area contributed by atoms with Gasteiger partial charge in [0.2, 0.25) is 0 Å². The lowest BCUT2D eigenvalue weighted by atomic mass is 10.1. The second-order valence-corrected chi connectivity index (χ2v) is 4.99. The van der Waals surface area contributed by atoms with Crippen molar-refractivity contribution in [2.75, 3.05) is 13.1 Å². The number of amides is 1. The molecule has 0 spiro atoms. The average molecular weight is 225 g/mol. The van der Waals surface area contributed by atoms with E-state index >= 15 is 0 Å². The van der Waals surface area contributed by atoms with Crippen LogP contribution in [-0.4, -0.2) is 23.9 Å². The van der Waals surface area contributed by atoms with E-state index in [9.17, 15) is 4.79 Å². The Hall–Kier alpha value is -0.830. The smallest absolute Gasteiger partial charge is 0.263 e. The van der Waals surface area contributed by atoms with Crippen LogP contribution in [0.15, 0.2) is 17.5 Å². The van der Waals surface area contributed by atoms with Gasteiger partial charge in [-0.05, 0) is 30.7 Å². The highest BCUT2D eigenvalue weighted by atomic mass is 32.1. The van der Waals surface area contributed by atoms with Crippen molar-refractivity contribution < 1.29 is 4.79 Å². The molecule has 15 heavy (non-hydrogen) atoms. The molecule has 0 fully saturated rings. The van der Waals surface area contributed by atoms with Crippen molar-refractivity contribution in [3.63, 3.8) is 0 Å². The summed E-state index contributed by atoms with van der Waals surface area (Å²) in [5, 5.41) is 1.95. The van der Waals surface area contributed by atoms with Gasteiger partial charge in [-0.15, -0.1) is 11.3 Å². The SMILES string of the molecule is CCN(CCC(C)C)C(=O)c1cccs1. The monoisotopic (exact) mass is 225 g/mol. The zero-order valence-corrected chi connectivity index (χ0v) is 10.5. The van der Waals surface area contributed by atoms with E-state index in [1.54, 1.807) is 0 Å². The fourth-order valence-corrected chi connectivity index (χ4v) is 2.06. The van der Waals surface area contributed by atoms with E-state index in [0.717, 1.165) is 24.4 Å². The Kier molecular flexibility index (Phi) is 4.82. The summed E-state index contributed by atoms with van der Waals surface area (Å²) >= 11 is 1.52. The minimum absolute atomic E-state index is 0.174. The van der Waals surface area contributed by atoms with E-state index in [0.29, 0.717) is 5.92 Å². The molecule has 0 aromatic carbocycles. The van der Waals surface area contributed by atoms with Gasteiger partial charge in [-0.1, -0.05) is 19.9 Å². The normalized spacial score (nSPS) is 10.7. The zero-order chi connectivity index (χ0) is 11.3. The molecular formula is C12H19NOS. The van der Waals surface area contributed by atoms with Gasteiger partial charge in [-0.25, -0.2) is 0 Å². The number of carbonyl (C=O) groups excluding carboxylic acids is 1. The Balaban J connectivity index is 2.55. The molecule has 3 heteroatoms. The van der Waals surface area contributed by atoms with E-state index in [4.69, 9.17) is 0 Å². The van der Waals surface area contributed by atoms with Gasteiger partial charge < -0.3 is 4.90 Å². The third-order valence-electron chi connectivity index (χ3n) is 2.38. The van der Waals surface area contributed by atoms with Crippen LogP contribution in [0.3, 0.4) is 0 Å². The average Bonchev–Trinajstić information content (AvgIpc) is 2.70. The summed E-state index contributed by atoms with van der Waals surface area (Å²) in [7, 11) is 0. The van der Waals surface area contributed by atoms with E-state index in [1.165, 1.54) is 11.3 Å². The highest BCUT2D eigenvalue weighted by Gasteiger charge is 2.14. The number of carbonyl (C=O) groups is 1. The first-order valence-corrected chi connectivity index (χ1v) is 6.36. The standard InChI is InChI=1S/C12H19NOS/c1-4-13(8-7-10(2)3)12(14)11-6-5-9-15-11/h5-6,9-10H,4,7-8H2,1-3H3. The Labute approximate surface area is 95.9 Å². The van der Waals surface area contributed by atoms with Crippen LogP contribution in [0.4, 0.5) is 0 Å². The molecule has 0 saturated heterocycles. The predicted molar refractivity (Wildman–Crippen MR) is 65.4 cm³/mol. The van der Waals surface area contributed by atoms with Crippen molar-refractivity contribution in [2.24, 2.45) is 5.92 Å². The Morgan fingerprint density at radius 1 is 1.53 bits per heavy atom. The molecule has 0 aliphatic carbocycles. The second kappa shape index (κ2) is 5.91. The van der Waals surface area contributed by atoms with Gasteiger partial charge in [0.1, 0.15) is 0 Å². The molecule has 1 aromatic heterocycles. The molecule has 1 amide bonds. The van der Waals surface area contributed by atoms with Gasteiger partial charge in [-0.3, -0.25) is 4.79 Å². The number of thiophene rings is 1. The molecule has 0 unspecified atom stereocenters. The van der Waals surface area contributed by atoms with Gasteiger partial charge in [0.25, 0.3) is 5.91 Å². The molecule has 0 saturated carbocycles. The summed E-state index contributed by atoms with van der Waals surface area (Å²) in [6, 6.07) is 3.82. The summed E-state index contributed by atoms with van der Waals surface area (Å²) in [6.07, 6.45) is 1.07. The predicted octanol–water partition coefficient (Wildman–Crippen LogP) is 3.26. The Bertz CT molecular complexity index is 293. The van der Waals surface area contributed by atoms with Crippen molar-refractivity contribution in [3.05, 3.63) is 22.4 Å². The van der Waals surface area contributed by atoms with Crippen LogP contribution in [0.1, 0.15) is 36.9 Å². The fraction of sp³-hybridized carbons (Fsp3) is 0.583. The lowest BCUT2D eigenvalue weighted by Gasteiger charge is -2.21. The van der Waals surface area contributed by atoms with Crippen molar-refractivity contribution in [3.8, 4) is 0 Å². The van der Waals surface area contributed by atoms with Gasteiger partial charge in [-0.2, -0.15) is 0 Å². The fourth-order valence-electron chi connectivity index (χ4n) is 1.37. The van der Waals surface area contributed by atoms with Crippen LogP contribution in [0.5, 0.6) is 0 Å². The maximum Gasteiger partial charge on any atom is 0.263 e. The third-order valence-corrected chi connectivity index (χ3v) is 3.24. The van der Waals surface area contributed by atoms with E-state index in [2.05, 4.69) is 13.8 Å². The summed E-state index contributed by atoms with van der Waals surface area (Å²) < 4.78 is 0. The maximum atomic E-state index is 12.0. The molecule has 0 atom stereocenters. The third kappa shape index (κ3) is 3.67. The zero-order valence-electron chi connectivity index (χ0n) is 9.69. The first-order chi connectivity index (χ1) is 7.15. The summed E-state index contributed by atoms with van der Waals surface area (Å²) in [5.74, 6) is 0.823. The van der Waals surface area contributed by atoms with Crippen LogP contribution < -0.4 is 0 Å². The quantitative estimate of drug-likeness (QED) is 0.753. The number of nitrogens with zero attached hydrogens (tertiary/aromatic N) is 1.